The maximum atomic E-state index is 13.2. The van der Waals surface area contributed by atoms with E-state index in [4.69, 9.17) is 4.74 Å². The molecule has 1 amide bonds. The Morgan fingerprint density at radius 3 is 2.33 bits per heavy atom. The molecule has 5 rings (SSSR count). The normalized spacial score (nSPS) is 13.7. The zero-order valence-electron chi connectivity index (χ0n) is 20.1. The lowest BCUT2D eigenvalue weighted by atomic mass is 10.1. The number of H-pyrrole nitrogens is 1. The second-order valence-electron chi connectivity index (χ2n) is 8.86. The Bertz CT molecular complexity index is 1480. The number of nitrogens with one attached hydrogen (secondary N) is 1. The fourth-order valence-electron chi connectivity index (χ4n) is 4.62. The summed E-state index contributed by atoms with van der Waals surface area (Å²) in [6.45, 7) is 2.89. The number of aromatic amines is 1. The average Bonchev–Trinajstić information content (AvgIpc) is 2.93. The highest BCUT2D eigenvalue weighted by molar-refractivity contribution is 5.97. The molecule has 1 N–H and O–H groups in total. The summed E-state index contributed by atoms with van der Waals surface area (Å²) in [7, 11) is 1.64. The van der Waals surface area contributed by atoms with Gasteiger partial charge in [-0.3, -0.25) is 14.2 Å². The van der Waals surface area contributed by atoms with Crippen LogP contribution in [-0.4, -0.2) is 53.6 Å². The highest BCUT2D eigenvalue weighted by atomic mass is 16.5. The van der Waals surface area contributed by atoms with Crippen molar-refractivity contribution in [3.05, 3.63) is 105 Å². The number of rotatable bonds is 6. The molecule has 36 heavy (non-hydrogen) atoms. The Morgan fingerprint density at radius 2 is 1.64 bits per heavy atom. The molecule has 2 heterocycles. The van der Waals surface area contributed by atoms with Crippen LogP contribution in [0.3, 0.4) is 0 Å². The van der Waals surface area contributed by atoms with Gasteiger partial charge in [0.05, 0.1) is 18.0 Å². The fourth-order valence-corrected chi connectivity index (χ4v) is 4.62. The van der Waals surface area contributed by atoms with Crippen LogP contribution in [-0.2, 0) is 13.0 Å². The second kappa shape index (κ2) is 10.1. The first-order valence-electron chi connectivity index (χ1n) is 12.0. The van der Waals surface area contributed by atoms with Crippen molar-refractivity contribution in [2.75, 3.05) is 38.2 Å². The third-order valence-corrected chi connectivity index (χ3v) is 6.70. The van der Waals surface area contributed by atoms with Gasteiger partial charge in [0, 0.05) is 44.0 Å². The van der Waals surface area contributed by atoms with Crippen LogP contribution in [0.4, 0.5) is 5.69 Å². The van der Waals surface area contributed by atoms with Crippen LogP contribution in [0, 0.1) is 0 Å². The summed E-state index contributed by atoms with van der Waals surface area (Å²) in [6, 6.07) is 22.5. The zero-order chi connectivity index (χ0) is 25.1. The van der Waals surface area contributed by atoms with Gasteiger partial charge in [-0.2, -0.15) is 0 Å². The number of piperazine rings is 1. The van der Waals surface area contributed by atoms with E-state index in [1.807, 2.05) is 54.6 Å². The molecule has 3 aromatic carbocycles. The van der Waals surface area contributed by atoms with Crippen LogP contribution in [0.1, 0.15) is 15.9 Å². The monoisotopic (exact) mass is 484 g/mol. The minimum atomic E-state index is -0.471. The van der Waals surface area contributed by atoms with E-state index in [9.17, 15) is 14.4 Å². The predicted octanol–water partition coefficient (Wildman–Crippen LogP) is 2.90. The number of hydrogen-bond donors (Lipinski definition) is 1. The van der Waals surface area contributed by atoms with E-state index in [1.165, 1.54) is 4.57 Å². The molecule has 1 fully saturated rings. The zero-order valence-corrected chi connectivity index (χ0v) is 20.1. The molecule has 1 aliphatic rings. The molecule has 0 radical (unpaired) electrons. The third kappa shape index (κ3) is 4.75. The standard InChI is InChI=1S/C28H28N4O4/c1-36-23-10-8-22(9-11-23)30-15-17-31(18-16-30)26(33)21-7-12-24-25(19-21)29-28(35)32(27(24)34)14-13-20-5-3-2-4-6-20/h2-12,19H,13-18H2,1H3,(H,29,35). The quantitative estimate of drug-likeness (QED) is 0.455. The molecule has 0 atom stereocenters. The number of methoxy groups -OCH3 is 1. The molecular formula is C28H28N4O4. The number of hydrogen-bond acceptors (Lipinski definition) is 5. The van der Waals surface area contributed by atoms with Crippen molar-refractivity contribution in [2.45, 2.75) is 13.0 Å². The van der Waals surface area contributed by atoms with Gasteiger partial charge in [0.25, 0.3) is 11.5 Å². The lowest BCUT2D eigenvalue weighted by Crippen LogP contribution is -2.48. The van der Waals surface area contributed by atoms with Crippen molar-refractivity contribution in [3.63, 3.8) is 0 Å². The molecule has 8 nitrogen and oxygen atoms in total. The molecule has 1 saturated heterocycles. The fraction of sp³-hybridized carbons (Fsp3) is 0.250. The number of anilines is 1. The largest absolute Gasteiger partial charge is 0.497 e. The van der Waals surface area contributed by atoms with Crippen molar-refractivity contribution in [1.29, 1.82) is 0 Å². The molecule has 1 aliphatic heterocycles. The van der Waals surface area contributed by atoms with Crippen molar-refractivity contribution in [3.8, 4) is 5.75 Å². The minimum absolute atomic E-state index is 0.111. The van der Waals surface area contributed by atoms with Crippen LogP contribution in [0.15, 0.2) is 82.4 Å². The number of aryl methyl sites for hydroxylation is 1. The average molecular weight is 485 g/mol. The lowest BCUT2D eigenvalue weighted by Gasteiger charge is -2.36. The molecule has 1 aromatic heterocycles. The first-order chi connectivity index (χ1) is 17.5. The number of nitrogens with zero attached hydrogens (tertiary/aromatic N) is 3. The van der Waals surface area contributed by atoms with Gasteiger partial charge in [-0.25, -0.2) is 4.79 Å². The van der Waals surface area contributed by atoms with Crippen LogP contribution < -0.4 is 20.9 Å². The summed E-state index contributed by atoms with van der Waals surface area (Å²) in [6.07, 6.45) is 0.578. The summed E-state index contributed by atoms with van der Waals surface area (Å²) >= 11 is 0. The number of amides is 1. The Balaban J connectivity index is 1.29. The predicted molar refractivity (Wildman–Crippen MR) is 140 cm³/mol. The highest BCUT2D eigenvalue weighted by Gasteiger charge is 2.23. The lowest BCUT2D eigenvalue weighted by molar-refractivity contribution is 0.0747. The summed E-state index contributed by atoms with van der Waals surface area (Å²) in [4.78, 5) is 45.7. The van der Waals surface area contributed by atoms with Gasteiger partial charge in [-0.05, 0) is 54.4 Å². The Kier molecular flexibility index (Phi) is 6.58. The van der Waals surface area contributed by atoms with E-state index < -0.39 is 5.69 Å². The minimum Gasteiger partial charge on any atom is -0.497 e. The number of carbonyl (C=O) groups excluding carboxylic acids is 1. The number of ether oxygens (including phenoxy) is 1. The first kappa shape index (κ1) is 23.4. The highest BCUT2D eigenvalue weighted by Crippen LogP contribution is 2.21. The van der Waals surface area contributed by atoms with Gasteiger partial charge >= 0.3 is 5.69 Å². The number of benzene rings is 3. The SMILES string of the molecule is COc1ccc(N2CCN(C(=O)c3ccc4c(=O)n(CCc5ccccc5)c(=O)[nH]c4c3)CC2)cc1. The number of aromatic nitrogens is 2. The van der Waals surface area contributed by atoms with E-state index in [0.29, 0.717) is 49.1 Å². The van der Waals surface area contributed by atoms with Crippen LogP contribution in [0.2, 0.25) is 0 Å². The second-order valence-corrected chi connectivity index (χ2v) is 8.86. The molecule has 0 aliphatic carbocycles. The van der Waals surface area contributed by atoms with Gasteiger partial charge in [0.15, 0.2) is 0 Å². The molecule has 0 bridgehead atoms. The Morgan fingerprint density at radius 1 is 0.917 bits per heavy atom. The van der Waals surface area contributed by atoms with Gasteiger partial charge in [0.2, 0.25) is 0 Å². The smallest absolute Gasteiger partial charge is 0.328 e. The van der Waals surface area contributed by atoms with E-state index in [2.05, 4.69) is 9.88 Å². The van der Waals surface area contributed by atoms with Crippen LogP contribution in [0.25, 0.3) is 10.9 Å². The van der Waals surface area contributed by atoms with Crippen molar-refractivity contribution in [2.24, 2.45) is 0 Å². The Hall–Kier alpha value is -4.33. The van der Waals surface area contributed by atoms with Crippen LogP contribution in [0.5, 0.6) is 5.75 Å². The summed E-state index contributed by atoms with van der Waals surface area (Å²) < 4.78 is 6.44. The van der Waals surface area contributed by atoms with Crippen molar-refractivity contribution < 1.29 is 9.53 Å². The summed E-state index contributed by atoms with van der Waals surface area (Å²) in [5.41, 5.74) is 2.16. The maximum absolute atomic E-state index is 13.2. The molecule has 0 spiro atoms. The third-order valence-electron chi connectivity index (χ3n) is 6.70. The molecule has 184 valence electrons. The van der Waals surface area contributed by atoms with E-state index in [1.54, 1.807) is 30.2 Å². The summed E-state index contributed by atoms with van der Waals surface area (Å²) in [5, 5.41) is 0.392. The molecule has 4 aromatic rings. The molecule has 0 unspecified atom stereocenters. The topological polar surface area (TPSA) is 87.6 Å². The first-order valence-corrected chi connectivity index (χ1v) is 12.0. The van der Waals surface area contributed by atoms with E-state index in [-0.39, 0.29) is 18.0 Å². The van der Waals surface area contributed by atoms with Gasteiger partial charge < -0.3 is 19.5 Å². The van der Waals surface area contributed by atoms with Crippen molar-refractivity contribution in [1.82, 2.24) is 14.5 Å². The van der Waals surface area contributed by atoms with E-state index in [0.717, 1.165) is 17.0 Å². The number of carbonyl (C=O) groups is 1. The Labute approximate surface area is 208 Å². The van der Waals surface area contributed by atoms with Gasteiger partial charge in [0.1, 0.15) is 5.75 Å². The molecular weight excluding hydrogens is 456 g/mol. The van der Waals surface area contributed by atoms with Crippen LogP contribution >= 0.6 is 0 Å². The summed E-state index contributed by atoms with van der Waals surface area (Å²) in [5.74, 6) is 0.699. The van der Waals surface area contributed by atoms with Gasteiger partial charge in [-0.15, -0.1) is 0 Å². The molecule has 8 heteroatoms. The maximum Gasteiger partial charge on any atom is 0.328 e. The number of fused-ring (bicyclic) bond motifs is 1. The molecule has 0 saturated carbocycles. The van der Waals surface area contributed by atoms with E-state index >= 15 is 0 Å². The van der Waals surface area contributed by atoms with Gasteiger partial charge in [-0.1, -0.05) is 30.3 Å². The van der Waals surface area contributed by atoms with Crippen molar-refractivity contribution >= 4 is 22.5 Å².